The first-order chi connectivity index (χ1) is 12.2. The van der Waals surface area contributed by atoms with Crippen LogP contribution >= 0.6 is 45.5 Å². The highest BCUT2D eigenvalue weighted by molar-refractivity contribution is 14.1. The average molecular weight is 471 g/mol. The van der Waals surface area contributed by atoms with Crippen molar-refractivity contribution in [3.05, 3.63) is 81.4 Å². The smallest absolute Gasteiger partial charge is 0.0440 e. The highest BCUT2D eigenvalue weighted by atomic mass is 127. The first kappa shape index (κ1) is 15.6. The Bertz CT molecular complexity index is 1250. The van der Waals surface area contributed by atoms with Crippen LogP contribution in [-0.4, -0.2) is 0 Å². The van der Waals surface area contributed by atoms with E-state index in [0.29, 0.717) is 0 Å². The predicted molar refractivity (Wildman–Crippen MR) is 120 cm³/mol. The Morgan fingerprint density at radius 1 is 0.720 bits per heavy atom. The van der Waals surface area contributed by atoms with Gasteiger partial charge in [-0.15, -0.1) is 11.3 Å². The molecule has 0 nitrogen and oxygen atoms in total. The summed E-state index contributed by atoms with van der Waals surface area (Å²) in [6.45, 7) is 0. The van der Waals surface area contributed by atoms with E-state index in [9.17, 15) is 0 Å². The fourth-order valence-electron chi connectivity index (χ4n) is 3.49. The molecule has 5 aromatic rings. The summed E-state index contributed by atoms with van der Waals surface area (Å²) < 4.78 is 3.99. The van der Waals surface area contributed by atoms with Gasteiger partial charge in [0.05, 0.1) is 0 Å². The molecule has 0 saturated heterocycles. The molecule has 120 valence electrons. The quantitative estimate of drug-likeness (QED) is 0.217. The molecule has 0 N–H and O–H groups in total. The van der Waals surface area contributed by atoms with Crippen LogP contribution in [-0.2, 0) is 0 Å². The zero-order chi connectivity index (χ0) is 17.0. The molecule has 0 fully saturated rings. The highest BCUT2D eigenvalue weighted by Crippen LogP contribution is 2.46. The van der Waals surface area contributed by atoms with Crippen LogP contribution in [0.1, 0.15) is 0 Å². The third-order valence-electron chi connectivity index (χ3n) is 4.61. The van der Waals surface area contributed by atoms with E-state index in [2.05, 4.69) is 83.3 Å². The van der Waals surface area contributed by atoms with Gasteiger partial charge in [-0.05, 0) is 51.7 Å². The zero-order valence-corrected chi connectivity index (χ0v) is 16.8. The molecule has 0 radical (unpaired) electrons. The van der Waals surface area contributed by atoms with E-state index in [1.54, 1.807) is 0 Å². The first-order valence-electron chi connectivity index (χ1n) is 8.01. The largest absolute Gasteiger partial charge is 0.135 e. The molecule has 0 unspecified atom stereocenters. The van der Waals surface area contributed by atoms with E-state index in [0.717, 1.165) is 5.02 Å². The van der Waals surface area contributed by atoms with Crippen LogP contribution in [0, 0.1) is 3.57 Å². The molecule has 0 spiro atoms. The van der Waals surface area contributed by atoms with Crippen LogP contribution in [0.25, 0.3) is 42.1 Å². The Morgan fingerprint density at radius 3 is 2.12 bits per heavy atom. The van der Waals surface area contributed by atoms with Crippen LogP contribution in [0.2, 0.25) is 5.02 Å². The van der Waals surface area contributed by atoms with Crippen LogP contribution in [0.4, 0.5) is 0 Å². The number of thiophene rings is 1. The fraction of sp³-hybridized carbons (Fsp3) is 0. The minimum Gasteiger partial charge on any atom is -0.135 e. The summed E-state index contributed by atoms with van der Waals surface area (Å²) >= 11 is 10.5. The van der Waals surface area contributed by atoms with Crippen LogP contribution in [0.15, 0.2) is 72.8 Å². The average Bonchev–Trinajstić information content (AvgIpc) is 3.03. The van der Waals surface area contributed by atoms with Gasteiger partial charge in [-0.1, -0.05) is 66.2 Å². The summed E-state index contributed by atoms with van der Waals surface area (Å²) in [4.78, 5) is 0. The van der Waals surface area contributed by atoms with E-state index in [-0.39, 0.29) is 0 Å². The van der Waals surface area contributed by atoms with E-state index < -0.39 is 0 Å². The maximum absolute atomic E-state index is 6.13. The lowest BCUT2D eigenvalue weighted by molar-refractivity contribution is 1.66. The summed E-state index contributed by atoms with van der Waals surface area (Å²) in [6.07, 6.45) is 0. The molecule has 0 aliphatic carbocycles. The van der Waals surface area contributed by atoms with Gasteiger partial charge in [-0.3, -0.25) is 0 Å². The summed E-state index contributed by atoms with van der Waals surface area (Å²) in [5.74, 6) is 0. The lowest BCUT2D eigenvalue weighted by Gasteiger charge is -2.12. The van der Waals surface area contributed by atoms with E-state index in [1.807, 2.05) is 23.5 Å². The minimum atomic E-state index is 0.769. The molecule has 0 saturated carbocycles. The standard InChI is InChI=1S/C22H12ClIS/c23-14-11-9-13(10-12-14)19-20-17-7-3-4-8-18(17)25-22(20)16-6-2-1-5-15(16)21(19)24/h1-12H. The number of fused-ring (bicyclic) bond motifs is 5. The Labute approximate surface area is 168 Å². The van der Waals surface area contributed by atoms with Crippen molar-refractivity contribution in [2.75, 3.05) is 0 Å². The van der Waals surface area contributed by atoms with Gasteiger partial charge >= 0.3 is 0 Å². The summed E-state index contributed by atoms with van der Waals surface area (Å²) in [5.41, 5.74) is 2.52. The van der Waals surface area contributed by atoms with Crippen molar-refractivity contribution in [1.29, 1.82) is 0 Å². The van der Waals surface area contributed by atoms with E-state index >= 15 is 0 Å². The van der Waals surface area contributed by atoms with Crippen LogP contribution in [0.5, 0.6) is 0 Å². The minimum absolute atomic E-state index is 0.769. The van der Waals surface area contributed by atoms with Crippen LogP contribution < -0.4 is 0 Å². The van der Waals surface area contributed by atoms with Gasteiger partial charge in [0.1, 0.15) is 0 Å². The zero-order valence-electron chi connectivity index (χ0n) is 13.1. The molecule has 1 heterocycles. The lowest BCUT2D eigenvalue weighted by atomic mass is 9.95. The van der Waals surface area contributed by atoms with Gasteiger partial charge in [-0.2, -0.15) is 0 Å². The third-order valence-corrected chi connectivity index (χ3v) is 7.18. The van der Waals surface area contributed by atoms with Gasteiger partial charge in [0, 0.05) is 39.7 Å². The third kappa shape index (κ3) is 2.39. The highest BCUT2D eigenvalue weighted by Gasteiger charge is 2.18. The summed E-state index contributed by atoms with van der Waals surface area (Å²) in [6, 6.07) is 25.6. The molecule has 4 aromatic carbocycles. The normalized spacial score (nSPS) is 11.6. The monoisotopic (exact) mass is 470 g/mol. The topological polar surface area (TPSA) is 0 Å². The molecule has 3 heteroatoms. The van der Waals surface area contributed by atoms with Crippen LogP contribution in [0.3, 0.4) is 0 Å². The summed E-state index contributed by atoms with van der Waals surface area (Å²) in [5, 5.41) is 6.10. The molecule has 1 aromatic heterocycles. The SMILES string of the molecule is Clc1ccc(-c2c(I)c3ccccc3c3sc4ccccc4c23)cc1. The van der Waals surface area contributed by atoms with E-state index in [4.69, 9.17) is 11.6 Å². The van der Waals surface area contributed by atoms with Gasteiger partial charge in [-0.25, -0.2) is 0 Å². The van der Waals surface area contributed by atoms with Crippen molar-refractivity contribution in [1.82, 2.24) is 0 Å². The van der Waals surface area contributed by atoms with Crippen molar-refractivity contribution >= 4 is 76.5 Å². The van der Waals surface area contributed by atoms with Gasteiger partial charge in [0.2, 0.25) is 0 Å². The molecule has 25 heavy (non-hydrogen) atoms. The molecule has 0 bridgehead atoms. The Hall–Kier alpha value is -1.62. The van der Waals surface area contributed by atoms with Crippen molar-refractivity contribution in [2.24, 2.45) is 0 Å². The maximum atomic E-state index is 6.13. The second kappa shape index (κ2) is 5.97. The van der Waals surface area contributed by atoms with Crippen molar-refractivity contribution in [3.63, 3.8) is 0 Å². The van der Waals surface area contributed by atoms with Crippen molar-refractivity contribution in [2.45, 2.75) is 0 Å². The maximum Gasteiger partial charge on any atom is 0.0440 e. The number of benzene rings is 4. The number of hydrogen-bond acceptors (Lipinski definition) is 1. The predicted octanol–water partition coefficient (Wildman–Crippen LogP) is 8.13. The molecular weight excluding hydrogens is 459 g/mol. The molecule has 0 amide bonds. The van der Waals surface area contributed by atoms with E-state index in [1.165, 1.54) is 45.6 Å². The Balaban J connectivity index is 2.07. The number of halogens is 2. The van der Waals surface area contributed by atoms with Crippen molar-refractivity contribution < 1.29 is 0 Å². The second-order valence-electron chi connectivity index (χ2n) is 6.04. The summed E-state index contributed by atoms with van der Waals surface area (Å²) in [7, 11) is 0. The Kier molecular flexibility index (Phi) is 3.73. The molecule has 0 aliphatic rings. The molecule has 0 atom stereocenters. The number of hydrogen-bond donors (Lipinski definition) is 0. The molecule has 0 aliphatic heterocycles. The van der Waals surface area contributed by atoms with Gasteiger partial charge in [0.25, 0.3) is 0 Å². The second-order valence-corrected chi connectivity index (χ2v) is 8.61. The van der Waals surface area contributed by atoms with Gasteiger partial charge < -0.3 is 0 Å². The fourth-order valence-corrected chi connectivity index (χ4v) is 5.91. The lowest BCUT2D eigenvalue weighted by Crippen LogP contribution is -1.88. The number of rotatable bonds is 1. The first-order valence-corrected chi connectivity index (χ1v) is 10.3. The molecular formula is C22H12ClIS. The van der Waals surface area contributed by atoms with Gasteiger partial charge in [0.15, 0.2) is 0 Å². The Morgan fingerprint density at radius 2 is 1.36 bits per heavy atom. The molecule has 5 rings (SSSR count). The van der Waals surface area contributed by atoms with Crippen molar-refractivity contribution in [3.8, 4) is 11.1 Å².